The fraction of sp³-hybridized carbons (Fsp3) is 0.455. The standard InChI is InChI=1S/C33H45N7O9S/c1-18-9-10-22-15-24(18)38-28(42)12-11-27(41)37-23(32(45)36-17-29(43)39-25(22)16-30(44)49-6)8-7-13-35-33(34)40-50(46,47)31-19(2)14-26(48-5)20(3)21(31)4/h9-10,14-15,23,25H,7-8,11-13,16-17H2,1-6H3,(H,36,45)(H,37,41)(H,38,42)(H,39,43)(H3,34,35,40)/t23-,25-/m0/s1. The minimum atomic E-state index is -4.09. The lowest BCUT2D eigenvalue weighted by Gasteiger charge is -2.22. The van der Waals surface area contributed by atoms with E-state index >= 15 is 0 Å². The number of guanidine groups is 1. The van der Waals surface area contributed by atoms with Crippen LogP contribution in [-0.4, -0.2) is 77.3 Å². The summed E-state index contributed by atoms with van der Waals surface area (Å²) < 4.78 is 38.7. The van der Waals surface area contributed by atoms with Gasteiger partial charge in [-0.2, -0.15) is 0 Å². The van der Waals surface area contributed by atoms with Gasteiger partial charge in [-0.15, -0.1) is 0 Å². The summed E-state index contributed by atoms with van der Waals surface area (Å²) in [5.41, 5.74) is 9.22. The van der Waals surface area contributed by atoms with Crippen molar-refractivity contribution >= 4 is 51.3 Å². The van der Waals surface area contributed by atoms with Crippen LogP contribution in [0.3, 0.4) is 0 Å². The first kappa shape index (κ1) is 39.3. The number of aryl methyl sites for hydroxylation is 2. The zero-order valence-corrected chi connectivity index (χ0v) is 29.8. The molecule has 2 aromatic carbocycles. The number of anilines is 1. The molecule has 3 rings (SSSR count). The molecule has 4 amide bonds. The lowest BCUT2D eigenvalue weighted by Crippen LogP contribution is -2.49. The number of rotatable bonds is 9. The molecule has 16 nitrogen and oxygen atoms in total. The van der Waals surface area contributed by atoms with Crippen LogP contribution in [0.2, 0.25) is 0 Å². The molecule has 0 radical (unpaired) electrons. The highest BCUT2D eigenvalue weighted by Gasteiger charge is 2.26. The summed E-state index contributed by atoms with van der Waals surface area (Å²) in [6.07, 6.45) is -0.387. The highest BCUT2D eigenvalue weighted by molar-refractivity contribution is 7.90. The van der Waals surface area contributed by atoms with Gasteiger partial charge in [0.05, 0.1) is 38.1 Å². The lowest BCUT2D eigenvalue weighted by molar-refractivity contribution is -0.141. The van der Waals surface area contributed by atoms with Crippen LogP contribution < -0.4 is 36.5 Å². The van der Waals surface area contributed by atoms with Crippen molar-refractivity contribution in [1.29, 1.82) is 0 Å². The van der Waals surface area contributed by atoms with Gasteiger partial charge >= 0.3 is 5.97 Å². The van der Waals surface area contributed by atoms with Gasteiger partial charge in [0, 0.05) is 25.1 Å². The Hall–Kier alpha value is -5.19. The Balaban J connectivity index is 1.72. The zero-order valence-electron chi connectivity index (χ0n) is 29.0. The van der Waals surface area contributed by atoms with Gasteiger partial charge in [-0.05, 0) is 80.5 Å². The van der Waals surface area contributed by atoms with Crippen molar-refractivity contribution in [2.75, 3.05) is 32.6 Å². The number of amides is 4. The molecule has 50 heavy (non-hydrogen) atoms. The number of sulfonamides is 1. The van der Waals surface area contributed by atoms with Crippen LogP contribution >= 0.6 is 0 Å². The third kappa shape index (κ3) is 10.7. The summed E-state index contributed by atoms with van der Waals surface area (Å²) in [5, 5.41) is 10.6. The normalized spacial score (nSPS) is 17.9. The van der Waals surface area contributed by atoms with E-state index in [1.54, 1.807) is 52.0 Å². The molecular weight excluding hydrogens is 670 g/mol. The number of esters is 1. The number of nitrogens with zero attached hydrogens (tertiary/aromatic N) is 1. The van der Waals surface area contributed by atoms with Gasteiger partial charge in [0.1, 0.15) is 11.8 Å². The number of methoxy groups -OCH3 is 2. The molecule has 2 aromatic rings. The summed E-state index contributed by atoms with van der Waals surface area (Å²) in [6.45, 7) is 6.35. The Morgan fingerprint density at radius 2 is 1.62 bits per heavy atom. The van der Waals surface area contributed by atoms with E-state index in [1.807, 2.05) is 0 Å². The largest absolute Gasteiger partial charge is 0.496 e. The number of benzene rings is 2. The molecule has 0 aliphatic carbocycles. The van der Waals surface area contributed by atoms with Crippen molar-refractivity contribution in [2.24, 2.45) is 10.7 Å². The molecule has 2 atom stereocenters. The zero-order chi connectivity index (χ0) is 37.2. The first-order valence-electron chi connectivity index (χ1n) is 15.9. The maximum Gasteiger partial charge on any atom is 0.307 e. The van der Waals surface area contributed by atoms with Gasteiger partial charge in [-0.3, -0.25) is 29.0 Å². The lowest BCUT2D eigenvalue weighted by atomic mass is 10.0. The van der Waals surface area contributed by atoms with Gasteiger partial charge in [0.25, 0.3) is 10.0 Å². The molecule has 1 aliphatic rings. The molecule has 272 valence electrons. The average molecular weight is 716 g/mol. The van der Waals surface area contributed by atoms with Crippen LogP contribution in [0.15, 0.2) is 34.2 Å². The molecule has 0 saturated heterocycles. The summed E-state index contributed by atoms with van der Waals surface area (Å²) in [5.74, 6) is -2.71. The maximum absolute atomic E-state index is 13.2. The van der Waals surface area contributed by atoms with Crippen LogP contribution in [0.1, 0.15) is 66.0 Å². The second kappa shape index (κ2) is 17.5. The summed E-state index contributed by atoms with van der Waals surface area (Å²) >= 11 is 0. The van der Waals surface area contributed by atoms with Crippen molar-refractivity contribution < 1.29 is 41.9 Å². The Labute approximate surface area is 291 Å². The predicted octanol–water partition coefficient (Wildman–Crippen LogP) is 1.06. The second-order valence-corrected chi connectivity index (χ2v) is 13.5. The number of aliphatic imine (C=N–C) groups is 1. The topological polar surface area (TPSA) is 236 Å². The van der Waals surface area contributed by atoms with E-state index in [2.05, 4.69) is 31.0 Å². The number of ether oxygens (including phenoxy) is 2. The van der Waals surface area contributed by atoms with Crippen LogP contribution in [0, 0.1) is 27.7 Å². The first-order chi connectivity index (χ1) is 23.6. The van der Waals surface area contributed by atoms with Gasteiger partial charge in [0.2, 0.25) is 29.6 Å². The average Bonchev–Trinajstić information content (AvgIpc) is 3.05. The van der Waals surface area contributed by atoms with Crippen molar-refractivity contribution in [1.82, 2.24) is 20.7 Å². The summed E-state index contributed by atoms with van der Waals surface area (Å²) in [6, 6.07) is 4.73. The second-order valence-electron chi connectivity index (χ2n) is 11.9. The van der Waals surface area contributed by atoms with Crippen LogP contribution in [0.5, 0.6) is 5.75 Å². The van der Waals surface area contributed by atoms with Gasteiger partial charge in [0.15, 0.2) is 0 Å². The van der Waals surface area contributed by atoms with E-state index in [1.165, 1.54) is 14.2 Å². The van der Waals surface area contributed by atoms with E-state index in [-0.39, 0.29) is 49.5 Å². The predicted molar refractivity (Wildman–Crippen MR) is 185 cm³/mol. The highest BCUT2D eigenvalue weighted by Crippen LogP contribution is 2.30. The fourth-order valence-corrected chi connectivity index (χ4v) is 6.85. The highest BCUT2D eigenvalue weighted by atomic mass is 32.2. The molecule has 0 fully saturated rings. The van der Waals surface area contributed by atoms with Crippen LogP contribution in [-0.2, 0) is 38.7 Å². The van der Waals surface area contributed by atoms with E-state index in [0.717, 1.165) is 5.56 Å². The van der Waals surface area contributed by atoms with Crippen molar-refractivity contribution in [2.45, 2.75) is 76.8 Å². The molecule has 0 saturated carbocycles. The van der Waals surface area contributed by atoms with Crippen molar-refractivity contribution in [3.05, 3.63) is 52.1 Å². The van der Waals surface area contributed by atoms with E-state index in [4.69, 9.17) is 15.2 Å². The minimum Gasteiger partial charge on any atom is -0.496 e. The molecule has 1 heterocycles. The molecule has 1 aliphatic heterocycles. The summed E-state index contributed by atoms with van der Waals surface area (Å²) in [4.78, 5) is 67.8. The van der Waals surface area contributed by atoms with Crippen LogP contribution in [0.4, 0.5) is 5.69 Å². The number of hydrogen-bond acceptors (Lipinski definition) is 10. The van der Waals surface area contributed by atoms with E-state index in [0.29, 0.717) is 33.7 Å². The third-order valence-electron chi connectivity index (χ3n) is 8.16. The number of hydrogen-bond donors (Lipinski definition) is 6. The number of carbonyl (C=O) groups excluding carboxylic acids is 5. The molecule has 2 bridgehead atoms. The Bertz CT molecular complexity index is 1780. The van der Waals surface area contributed by atoms with Gasteiger partial charge < -0.3 is 36.5 Å². The Morgan fingerprint density at radius 1 is 0.940 bits per heavy atom. The quantitative estimate of drug-likeness (QED) is 0.0934. The monoisotopic (exact) mass is 715 g/mol. The van der Waals surface area contributed by atoms with E-state index < -0.39 is 58.2 Å². The minimum absolute atomic E-state index is 0.0111. The molecule has 17 heteroatoms. The number of carbonyl (C=O) groups is 5. The molecule has 0 spiro atoms. The molecule has 7 N–H and O–H groups in total. The number of nitrogens with two attached hydrogens (primary N) is 1. The Kier molecular flexibility index (Phi) is 13.7. The van der Waals surface area contributed by atoms with Crippen molar-refractivity contribution in [3.63, 3.8) is 0 Å². The van der Waals surface area contributed by atoms with Gasteiger partial charge in [-0.1, -0.05) is 12.1 Å². The fourth-order valence-electron chi connectivity index (χ4n) is 5.37. The van der Waals surface area contributed by atoms with Crippen molar-refractivity contribution in [3.8, 4) is 5.75 Å². The maximum atomic E-state index is 13.2. The molecule has 0 aromatic heterocycles. The Morgan fingerprint density at radius 3 is 2.30 bits per heavy atom. The number of nitrogens with one attached hydrogen (secondary N) is 5. The molecule has 0 unspecified atom stereocenters. The third-order valence-corrected chi connectivity index (χ3v) is 9.81. The van der Waals surface area contributed by atoms with E-state index in [9.17, 15) is 32.4 Å². The van der Waals surface area contributed by atoms with Crippen LogP contribution in [0.25, 0.3) is 0 Å². The van der Waals surface area contributed by atoms with Gasteiger partial charge in [-0.25, -0.2) is 13.1 Å². The smallest absolute Gasteiger partial charge is 0.307 e. The number of fused-ring (bicyclic) bond motifs is 2. The summed E-state index contributed by atoms with van der Waals surface area (Å²) in [7, 11) is -1.38. The SMILES string of the molecule is COC(=O)C[C@@H]1NC(=O)CNC(=O)[C@H](CCCN=C(N)NS(=O)(=O)c2c(C)cc(OC)c(C)c2C)NC(=O)CCC(=O)Nc2cc1ccc2C. The molecular formula is C33H45N7O9S. The first-order valence-corrected chi connectivity index (χ1v) is 17.4.